The molecule has 0 aliphatic heterocycles. The molecule has 8 heteroatoms. The predicted molar refractivity (Wildman–Crippen MR) is 64.0 cm³/mol. The molecule has 0 heterocycles. The van der Waals surface area contributed by atoms with Crippen LogP contribution in [0.1, 0.15) is 23.2 Å². The largest absolute Gasteiger partial charge is 0.485 e. The van der Waals surface area contributed by atoms with Crippen molar-refractivity contribution < 1.29 is 23.6 Å². The molecule has 1 rings (SSSR count). The van der Waals surface area contributed by atoms with Gasteiger partial charge in [-0.3, -0.25) is 19.7 Å². The summed E-state index contributed by atoms with van der Waals surface area (Å²) < 4.78 is 18.4. The van der Waals surface area contributed by atoms with Crippen molar-refractivity contribution in [3.8, 4) is 5.75 Å². The highest BCUT2D eigenvalue weighted by Crippen LogP contribution is 2.33. The maximum atomic E-state index is 13.5. The summed E-state index contributed by atoms with van der Waals surface area (Å²) in [6.45, 7) is -0.126. The van der Waals surface area contributed by atoms with Gasteiger partial charge in [0.1, 0.15) is 0 Å². The highest BCUT2D eigenvalue weighted by Gasteiger charge is 2.24. The fourth-order valence-corrected chi connectivity index (χ4v) is 1.50. The van der Waals surface area contributed by atoms with Gasteiger partial charge in [0, 0.05) is 6.42 Å². The number of aldehydes is 1. The zero-order chi connectivity index (χ0) is 14.4. The van der Waals surface area contributed by atoms with E-state index in [2.05, 4.69) is 0 Å². The molecular weight excluding hydrogens is 281 g/mol. The van der Waals surface area contributed by atoms with Crippen LogP contribution in [0.15, 0.2) is 12.1 Å². The van der Waals surface area contributed by atoms with Crippen LogP contribution in [0.3, 0.4) is 0 Å². The molecule has 102 valence electrons. The first kappa shape index (κ1) is 15.0. The first-order chi connectivity index (χ1) is 8.97. The summed E-state index contributed by atoms with van der Waals surface area (Å²) in [6.07, 6.45) is 0.432. The fourth-order valence-electron chi connectivity index (χ4n) is 1.37. The molecule has 0 radical (unpaired) electrons. The van der Waals surface area contributed by atoms with E-state index in [0.29, 0.717) is 0 Å². The average Bonchev–Trinajstić information content (AvgIpc) is 2.35. The zero-order valence-electron chi connectivity index (χ0n) is 9.60. The Morgan fingerprint density at radius 3 is 2.74 bits per heavy atom. The van der Waals surface area contributed by atoms with Gasteiger partial charge < -0.3 is 4.74 Å². The van der Waals surface area contributed by atoms with Crippen LogP contribution < -0.4 is 4.74 Å². The Kier molecular flexibility index (Phi) is 5.37. The highest BCUT2D eigenvalue weighted by molar-refractivity contribution is 6.63. The van der Waals surface area contributed by atoms with E-state index in [1.54, 1.807) is 0 Å². The van der Waals surface area contributed by atoms with Crippen molar-refractivity contribution in [2.45, 2.75) is 12.8 Å². The number of ether oxygens (including phenoxy) is 1. The number of nitrogens with zero attached hydrogens (tertiary/aromatic N) is 1. The fraction of sp³-hybridized carbons (Fsp3) is 0.273. The number of benzene rings is 1. The molecule has 1 aromatic rings. The molecule has 0 bridgehead atoms. The van der Waals surface area contributed by atoms with Crippen LogP contribution in [0.2, 0.25) is 0 Å². The van der Waals surface area contributed by atoms with Crippen LogP contribution in [0.4, 0.5) is 10.1 Å². The van der Waals surface area contributed by atoms with Crippen molar-refractivity contribution >= 4 is 28.8 Å². The summed E-state index contributed by atoms with van der Waals surface area (Å²) in [5.74, 6) is -1.56. The lowest BCUT2D eigenvalue weighted by atomic mass is 10.1. The Bertz CT molecular complexity index is 520. The van der Waals surface area contributed by atoms with Crippen LogP contribution in [0, 0.1) is 15.9 Å². The van der Waals surface area contributed by atoms with E-state index >= 15 is 0 Å². The number of carbonyl (C=O) groups is 2. The Hall–Kier alpha value is -2.02. The van der Waals surface area contributed by atoms with Crippen LogP contribution in [-0.2, 0) is 4.79 Å². The molecule has 0 atom stereocenters. The summed E-state index contributed by atoms with van der Waals surface area (Å²) in [5.41, 5.74) is -1.01. The van der Waals surface area contributed by atoms with Crippen LogP contribution in [-0.4, -0.2) is 23.1 Å². The minimum absolute atomic E-state index is 0.00431. The summed E-state index contributed by atoms with van der Waals surface area (Å²) in [4.78, 5) is 31.1. The summed E-state index contributed by atoms with van der Waals surface area (Å²) in [7, 11) is 0. The van der Waals surface area contributed by atoms with Crippen LogP contribution in [0.25, 0.3) is 0 Å². The summed E-state index contributed by atoms with van der Waals surface area (Å²) >= 11 is 5.10. The molecule has 0 unspecified atom stereocenters. The molecule has 0 saturated heterocycles. The zero-order valence-corrected chi connectivity index (χ0v) is 10.4. The van der Waals surface area contributed by atoms with Gasteiger partial charge in [0.25, 0.3) is 0 Å². The quantitative estimate of drug-likeness (QED) is 0.253. The second-order valence-corrected chi connectivity index (χ2v) is 3.92. The molecule has 0 aromatic heterocycles. The minimum Gasteiger partial charge on any atom is -0.485 e. The Balaban J connectivity index is 2.94. The SMILES string of the molecule is O=Cc1ccc(F)c(OCCCC(=O)Cl)c1[N+](=O)[O-]. The average molecular weight is 290 g/mol. The number of hydrogen-bond donors (Lipinski definition) is 0. The van der Waals surface area contributed by atoms with Gasteiger partial charge in [-0.25, -0.2) is 4.39 Å². The normalized spacial score (nSPS) is 10.0. The second-order valence-electron chi connectivity index (χ2n) is 3.50. The van der Waals surface area contributed by atoms with Gasteiger partial charge in [-0.2, -0.15) is 0 Å². The van der Waals surface area contributed by atoms with Crippen molar-refractivity contribution in [2.24, 2.45) is 0 Å². The first-order valence-corrected chi connectivity index (χ1v) is 5.58. The van der Waals surface area contributed by atoms with Crippen LogP contribution >= 0.6 is 11.6 Å². The number of rotatable bonds is 7. The van der Waals surface area contributed by atoms with Crippen molar-refractivity contribution in [3.63, 3.8) is 0 Å². The van der Waals surface area contributed by atoms with Gasteiger partial charge in [-0.1, -0.05) is 0 Å². The number of carbonyl (C=O) groups excluding carboxylic acids is 2. The van der Waals surface area contributed by atoms with Gasteiger partial charge in [0.2, 0.25) is 11.0 Å². The van der Waals surface area contributed by atoms with Crippen molar-refractivity contribution in [1.29, 1.82) is 0 Å². The summed E-state index contributed by atoms with van der Waals surface area (Å²) in [5, 5.41) is 10.2. The Morgan fingerprint density at radius 2 is 2.21 bits per heavy atom. The van der Waals surface area contributed by atoms with E-state index in [1.807, 2.05) is 0 Å². The minimum atomic E-state index is -0.950. The van der Waals surface area contributed by atoms with E-state index in [0.717, 1.165) is 12.1 Å². The van der Waals surface area contributed by atoms with Gasteiger partial charge in [0.05, 0.1) is 17.1 Å². The third kappa shape index (κ3) is 3.99. The highest BCUT2D eigenvalue weighted by atomic mass is 35.5. The van der Waals surface area contributed by atoms with Crippen LogP contribution in [0.5, 0.6) is 5.75 Å². The molecule has 19 heavy (non-hydrogen) atoms. The first-order valence-electron chi connectivity index (χ1n) is 5.20. The lowest BCUT2D eigenvalue weighted by Gasteiger charge is -2.08. The van der Waals surface area contributed by atoms with E-state index in [-0.39, 0.29) is 31.3 Å². The molecule has 0 saturated carbocycles. The number of nitro groups is 1. The number of nitro benzene ring substituents is 1. The molecular formula is C11H9ClFNO5. The molecule has 0 aliphatic rings. The van der Waals surface area contributed by atoms with Gasteiger partial charge in [0.15, 0.2) is 12.1 Å². The van der Waals surface area contributed by atoms with Crippen molar-refractivity contribution in [2.75, 3.05) is 6.61 Å². The maximum absolute atomic E-state index is 13.5. The molecule has 0 fully saturated rings. The summed E-state index contributed by atoms with van der Waals surface area (Å²) in [6, 6.07) is 1.90. The Labute approximate surface area is 112 Å². The predicted octanol–water partition coefficient (Wildman–Crippen LogP) is 2.47. The van der Waals surface area contributed by atoms with Gasteiger partial charge in [-0.15, -0.1) is 0 Å². The third-order valence-corrected chi connectivity index (χ3v) is 2.38. The number of halogens is 2. The Morgan fingerprint density at radius 1 is 1.53 bits per heavy atom. The molecule has 0 aliphatic carbocycles. The lowest BCUT2D eigenvalue weighted by Crippen LogP contribution is -2.06. The molecule has 6 nitrogen and oxygen atoms in total. The molecule has 0 N–H and O–H groups in total. The van der Waals surface area contributed by atoms with Gasteiger partial charge >= 0.3 is 5.69 Å². The monoisotopic (exact) mass is 289 g/mol. The molecule has 0 amide bonds. The third-order valence-electron chi connectivity index (χ3n) is 2.19. The van der Waals surface area contributed by atoms with E-state index < -0.39 is 27.4 Å². The topological polar surface area (TPSA) is 86.5 Å². The standard InChI is InChI=1S/C11H9ClFNO5/c12-9(16)2-1-5-19-11-8(13)4-3-7(6-15)10(11)14(17)18/h3-4,6H,1-2,5H2. The lowest BCUT2D eigenvalue weighted by molar-refractivity contribution is -0.386. The van der Waals surface area contributed by atoms with Gasteiger partial charge in [-0.05, 0) is 30.2 Å². The van der Waals surface area contributed by atoms with E-state index in [4.69, 9.17) is 16.3 Å². The molecule has 0 spiro atoms. The van der Waals surface area contributed by atoms with Crippen molar-refractivity contribution in [3.05, 3.63) is 33.6 Å². The second kappa shape index (κ2) is 6.79. The molecule has 1 aromatic carbocycles. The smallest absolute Gasteiger partial charge is 0.324 e. The van der Waals surface area contributed by atoms with E-state index in [1.165, 1.54) is 0 Å². The van der Waals surface area contributed by atoms with E-state index in [9.17, 15) is 24.1 Å². The number of hydrogen-bond acceptors (Lipinski definition) is 5. The van der Waals surface area contributed by atoms with Crippen molar-refractivity contribution in [1.82, 2.24) is 0 Å². The maximum Gasteiger partial charge on any atom is 0.324 e.